The van der Waals surface area contributed by atoms with E-state index in [4.69, 9.17) is 0 Å². The zero-order chi connectivity index (χ0) is 13.7. The largest absolute Gasteiger partial charge is 0.481 e. The molecular formula is C14H18N2O3. The fourth-order valence-electron chi connectivity index (χ4n) is 2.53. The van der Waals surface area contributed by atoms with Gasteiger partial charge in [0.2, 0.25) is 0 Å². The number of carbonyl (C=O) groups excluding carboxylic acids is 1. The van der Waals surface area contributed by atoms with Crippen molar-refractivity contribution >= 4 is 11.9 Å². The molecule has 5 heteroatoms. The van der Waals surface area contributed by atoms with E-state index in [1.807, 2.05) is 0 Å². The van der Waals surface area contributed by atoms with Gasteiger partial charge in [-0.1, -0.05) is 25.3 Å². The van der Waals surface area contributed by atoms with Crippen LogP contribution in [0.1, 0.15) is 42.6 Å². The van der Waals surface area contributed by atoms with Crippen molar-refractivity contribution in [3.63, 3.8) is 0 Å². The molecule has 0 saturated heterocycles. The first-order valence-corrected chi connectivity index (χ1v) is 6.57. The second kappa shape index (κ2) is 5.82. The van der Waals surface area contributed by atoms with E-state index in [0.717, 1.165) is 19.3 Å². The van der Waals surface area contributed by atoms with Gasteiger partial charge in [-0.05, 0) is 25.0 Å². The molecule has 1 saturated carbocycles. The van der Waals surface area contributed by atoms with Crippen LogP contribution in [0.4, 0.5) is 0 Å². The van der Waals surface area contributed by atoms with Crippen LogP contribution in [0.3, 0.4) is 0 Å². The number of aliphatic carboxylic acids is 1. The maximum Gasteiger partial charge on any atom is 0.311 e. The zero-order valence-electron chi connectivity index (χ0n) is 10.8. The van der Waals surface area contributed by atoms with E-state index >= 15 is 0 Å². The van der Waals surface area contributed by atoms with Crippen LogP contribution in [0.15, 0.2) is 24.4 Å². The highest BCUT2D eigenvalue weighted by Crippen LogP contribution is 2.36. The van der Waals surface area contributed by atoms with E-state index in [9.17, 15) is 14.7 Å². The third-order valence-corrected chi connectivity index (χ3v) is 3.75. The van der Waals surface area contributed by atoms with Crippen LogP contribution in [-0.2, 0) is 4.79 Å². The molecule has 1 aromatic heterocycles. The van der Waals surface area contributed by atoms with Gasteiger partial charge in [0.15, 0.2) is 0 Å². The minimum absolute atomic E-state index is 0.178. The molecule has 0 spiro atoms. The highest BCUT2D eigenvalue weighted by Gasteiger charge is 2.39. The van der Waals surface area contributed by atoms with E-state index in [2.05, 4.69) is 10.3 Å². The molecule has 1 heterocycles. The Kier molecular flexibility index (Phi) is 4.14. The van der Waals surface area contributed by atoms with E-state index in [-0.39, 0.29) is 12.5 Å². The van der Waals surface area contributed by atoms with Crippen LogP contribution in [-0.4, -0.2) is 28.5 Å². The van der Waals surface area contributed by atoms with Crippen molar-refractivity contribution in [3.8, 4) is 0 Å². The van der Waals surface area contributed by atoms with Crippen LogP contribution in [0.2, 0.25) is 0 Å². The van der Waals surface area contributed by atoms with E-state index in [0.29, 0.717) is 18.5 Å². The fraction of sp³-hybridized carbons (Fsp3) is 0.500. The quantitative estimate of drug-likeness (QED) is 0.867. The van der Waals surface area contributed by atoms with E-state index in [1.54, 1.807) is 24.4 Å². The summed E-state index contributed by atoms with van der Waals surface area (Å²) in [6.45, 7) is 0.178. The summed E-state index contributed by atoms with van der Waals surface area (Å²) in [6.07, 6.45) is 5.69. The number of nitrogens with zero attached hydrogens (tertiary/aromatic N) is 1. The lowest BCUT2D eigenvalue weighted by atomic mass is 9.74. The number of hydrogen-bond donors (Lipinski definition) is 2. The Labute approximate surface area is 112 Å². The van der Waals surface area contributed by atoms with Gasteiger partial charge in [0, 0.05) is 12.7 Å². The summed E-state index contributed by atoms with van der Waals surface area (Å²) in [5.41, 5.74) is -0.485. The summed E-state index contributed by atoms with van der Waals surface area (Å²) in [4.78, 5) is 27.3. The maximum absolute atomic E-state index is 11.9. The van der Waals surface area contributed by atoms with Gasteiger partial charge in [-0.15, -0.1) is 0 Å². The van der Waals surface area contributed by atoms with Gasteiger partial charge in [0.1, 0.15) is 5.69 Å². The lowest BCUT2D eigenvalue weighted by Crippen LogP contribution is -2.44. The van der Waals surface area contributed by atoms with Gasteiger partial charge in [-0.2, -0.15) is 0 Å². The van der Waals surface area contributed by atoms with Crippen LogP contribution in [0.5, 0.6) is 0 Å². The van der Waals surface area contributed by atoms with Gasteiger partial charge >= 0.3 is 5.97 Å². The predicted molar refractivity (Wildman–Crippen MR) is 69.7 cm³/mol. The van der Waals surface area contributed by atoms with Crippen molar-refractivity contribution in [3.05, 3.63) is 30.1 Å². The Balaban J connectivity index is 2.00. The standard InChI is InChI=1S/C14H18N2O3/c17-12(11-6-2-5-9-15-11)16-10-14(13(18)19)7-3-1-4-8-14/h2,5-6,9H,1,3-4,7-8,10H2,(H,16,17)(H,18,19). The predicted octanol–water partition coefficient (Wildman–Crippen LogP) is 1.85. The average Bonchev–Trinajstić information content (AvgIpc) is 2.46. The number of rotatable bonds is 4. The van der Waals surface area contributed by atoms with Crippen LogP contribution in [0, 0.1) is 5.41 Å². The molecule has 2 N–H and O–H groups in total. The summed E-state index contributed by atoms with van der Waals surface area (Å²) >= 11 is 0. The van der Waals surface area contributed by atoms with Crippen molar-refractivity contribution in [2.24, 2.45) is 5.41 Å². The third kappa shape index (κ3) is 3.10. The lowest BCUT2D eigenvalue weighted by Gasteiger charge is -2.33. The van der Waals surface area contributed by atoms with Gasteiger partial charge < -0.3 is 10.4 Å². The van der Waals surface area contributed by atoms with Crippen LogP contribution < -0.4 is 5.32 Å². The van der Waals surface area contributed by atoms with Crippen molar-refractivity contribution in [2.75, 3.05) is 6.54 Å². The summed E-state index contributed by atoms with van der Waals surface area (Å²) < 4.78 is 0. The molecule has 1 amide bonds. The average molecular weight is 262 g/mol. The molecule has 0 bridgehead atoms. The minimum Gasteiger partial charge on any atom is -0.481 e. The number of nitrogens with one attached hydrogen (secondary N) is 1. The minimum atomic E-state index is -0.812. The maximum atomic E-state index is 11.9. The third-order valence-electron chi connectivity index (χ3n) is 3.75. The van der Waals surface area contributed by atoms with Crippen LogP contribution in [0.25, 0.3) is 0 Å². The first-order valence-electron chi connectivity index (χ1n) is 6.57. The molecule has 0 atom stereocenters. The summed E-state index contributed by atoms with van der Waals surface area (Å²) in [6, 6.07) is 5.08. The van der Waals surface area contributed by atoms with Crippen molar-refractivity contribution in [1.82, 2.24) is 10.3 Å². The molecule has 1 fully saturated rings. The molecule has 0 radical (unpaired) electrons. The zero-order valence-corrected chi connectivity index (χ0v) is 10.8. The summed E-state index contributed by atoms with van der Waals surface area (Å²) in [5, 5.41) is 12.1. The summed E-state index contributed by atoms with van der Waals surface area (Å²) in [7, 11) is 0. The Morgan fingerprint density at radius 2 is 2.00 bits per heavy atom. The summed E-state index contributed by atoms with van der Waals surface area (Å²) in [5.74, 6) is -1.12. The first kappa shape index (κ1) is 13.5. The smallest absolute Gasteiger partial charge is 0.311 e. The van der Waals surface area contributed by atoms with Gasteiger partial charge in [-0.25, -0.2) is 0 Å². The Bertz CT molecular complexity index is 453. The van der Waals surface area contributed by atoms with E-state index in [1.165, 1.54) is 0 Å². The van der Waals surface area contributed by atoms with Gasteiger partial charge in [0.05, 0.1) is 5.41 Å². The molecule has 1 aliphatic carbocycles. The molecule has 5 nitrogen and oxygen atoms in total. The SMILES string of the molecule is O=C(NCC1(C(=O)O)CCCCC1)c1ccccn1. The molecule has 2 rings (SSSR count). The number of carbonyl (C=O) groups is 2. The van der Waals surface area contributed by atoms with Crippen LogP contribution >= 0.6 is 0 Å². The number of hydrogen-bond acceptors (Lipinski definition) is 3. The number of amides is 1. The second-order valence-corrected chi connectivity index (χ2v) is 5.04. The van der Waals surface area contributed by atoms with Gasteiger partial charge in [0.25, 0.3) is 5.91 Å². The van der Waals surface area contributed by atoms with Crippen molar-refractivity contribution < 1.29 is 14.7 Å². The van der Waals surface area contributed by atoms with Crippen molar-refractivity contribution in [2.45, 2.75) is 32.1 Å². The normalized spacial score (nSPS) is 17.7. The monoisotopic (exact) mass is 262 g/mol. The Morgan fingerprint density at radius 3 is 2.58 bits per heavy atom. The second-order valence-electron chi connectivity index (χ2n) is 5.04. The molecule has 1 aromatic rings. The molecule has 1 aliphatic rings. The molecular weight excluding hydrogens is 244 g/mol. The number of carboxylic acid groups (broad SMARTS) is 1. The van der Waals surface area contributed by atoms with Crippen molar-refractivity contribution in [1.29, 1.82) is 0 Å². The first-order chi connectivity index (χ1) is 9.14. The fourth-order valence-corrected chi connectivity index (χ4v) is 2.53. The lowest BCUT2D eigenvalue weighted by molar-refractivity contribution is -0.150. The highest BCUT2D eigenvalue weighted by atomic mass is 16.4. The number of carboxylic acids is 1. The molecule has 0 aliphatic heterocycles. The molecule has 19 heavy (non-hydrogen) atoms. The molecule has 102 valence electrons. The molecule has 0 aromatic carbocycles. The topological polar surface area (TPSA) is 79.3 Å². The van der Waals surface area contributed by atoms with Gasteiger partial charge in [-0.3, -0.25) is 14.6 Å². The Morgan fingerprint density at radius 1 is 1.26 bits per heavy atom. The Hall–Kier alpha value is -1.91. The molecule has 0 unspecified atom stereocenters. The number of pyridine rings is 1. The highest BCUT2D eigenvalue weighted by molar-refractivity contribution is 5.92. The van der Waals surface area contributed by atoms with E-state index < -0.39 is 11.4 Å². The number of aromatic nitrogens is 1.